The van der Waals surface area contributed by atoms with E-state index < -0.39 is 8.80 Å². The van der Waals surface area contributed by atoms with E-state index in [9.17, 15) is 0 Å². The standard InChI is InChI=1S/C46H43O2Si/c1-6-49(45-29(2)23-43-39(11-7-9-13-41(43)45)35-17-15-33-27-37(47-4)21-19-31(33)25-35)46-30(3)24-44-40(12-8-10-14-42(44)46)36-18-16-34-28-38(48-5)22-20-32(34)26-36/h7-28,39-40,45-46H,6H2,1-5H3. The Morgan fingerprint density at radius 1 is 0.531 bits per heavy atom. The summed E-state index contributed by atoms with van der Waals surface area (Å²) in [7, 11) is 2.52. The molecule has 3 heteroatoms. The zero-order chi connectivity index (χ0) is 33.6. The molecule has 49 heavy (non-hydrogen) atoms. The Morgan fingerprint density at radius 3 is 1.39 bits per heavy atom. The van der Waals surface area contributed by atoms with Gasteiger partial charge in [-0.2, -0.15) is 0 Å². The largest absolute Gasteiger partial charge is 0.497 e. The van der Waals surface area contributed by atoms with Crippen LogP contribution in [0.1, 0.15) is 43.7 Å². The normalized spacial score (nSPS) is 22.8. The number of fused-ring (bicyclic) bond motifs is 2. The van der Waals surface area contributed by atoms with Crippen molar-refractivity contribution in [2.24, 2.45) is 0 Å². The molecule has 0 bridgehead atoms. The van der Waals surface area contributed by atoms with Crippen LogP contribution in [0.4, 0.5) is 0 Å². The molecule has 4 atom stereocenters. The fourth-order valence-electron chi connectivity index (χ4n) is 8.71. The van der Waals surface area contributed by atoms with Crippen LogP contribution in [0, 0.1) is 0 Å². The zero-order valence-electron chi connectivity index (χ0n) is 29.0. The van der Waals surface area contributed by atoms with Gasteiger partial charge in [-0.3, -0.25) is 0 Å². The Balaban J connectivity index is 1.16. The zero-order valence-corrected chi connectivity index (χ0v) is 30.0. The lowest BCUT2D eigenvalue weighted by Gasteiger charge is -2.32. The van der Waals surface area contributed by atoms with Crippen molar-refractivity contribution in [2.75, 3.05) is 14.2 Å². The Labute approximate surface area is 292 Å². The van der Waals surface area contributed by atoms with Gasteiger partial charge in [0.2, 0.25) is 0 Å². The third kappa shape index (κ3) is 5.51. The Kier molecular flexibility index (Phi) is 8.25. The molecule has 4 unspecified atom stereocenters. The first-order valence-electron chi connectivity index (χ1n) is 17.5. The highest BCUT2D eigenvalue weighted by Gasteiger charge is 2.42. The predicted molar refractivity (Wildman–Crippen MR) is 208 cm³/mol. The van der Waals surface area contributed by atoms with E-state index in [4.69, 9.17) is 9.47 Å². The molecule has 4 aromatic rings. The maximum atomic E-state index is 5.49. The van der Waals surface area contributed by atoms with E-state index in [1.165, 1.54) is 72.2 Å². The summed E-state index contributed by atoms with van der Waals surface area (Å²) in [5.41, 5.74) is 12.6. The van der Waals surface area contributed by atoms with Crippen LogP contribution in [-0.4, -0.2) is 23.0 Å². The van der Waals surface area contributed by atoms with Gasteiger partial charge < -0.3 is 9.47 Å². The van der Waals surface area contributed by atoms with Gasteiger partial charge in [0.15, 0.2) is 0 Å². The first-order valence-corrected chi connectivity index (χ1v) is 19.4. The molecule has 4 aromatic carbocycles. The molecule has 0 fully saturated rings. The van der Waals surface area contributed by atoms with E-state index in [0.717, 1.165) is 11.5 Å². The molecule has 2 nitrogen and oxygen atoms in total. The Morgan fingerprint density at radius 2 is 0.959 bits per heavy atom. The summed E-state index contributed by atoms with van der Waals surface area (Å²) in [5.74, 6) is 2.25. The first-order chi connectivity index (χ1) is 24.0. The van der Waals surface area contributed by atoms with Crippen molar-refractivity contribution in [3.8, 4) is 11.5 Å². The molecular formula is C46H43O2Si. The van der Waals surface area contributed by atoms with Crippen LogP contribution in [0.2, 0.25) is 17.1 Å². The van der Waals surface area contributed by atoms with Crippen molar-refractivity contribution in [3.05, 3.63) is 178 Å². The third-order valence-corrected chi connectivity index (χ3v) is 14.9. The van der Waals surface area contributed by atoms with Crippen molar-refractivity contribution in [2.45, 2.75) is 49.7 Å². The summed E-state index contributed by atoms with van der Waals surface area (Å²) in [5, 5.41) is 4.92. The van der Waals surface area contributed by atoms with Crippen molar-refractivity contribution in [1.82, 2.24) is 0 Å². The fourth-order valence-corrected chi connectivity index (χ4v) is 12.5. The topological polar surface area (TPSA) is 18.5 Å². The molecule has 0 aliphatic heterocycles. The monoisotopic (exact) mass is 655 g/mol. The summed E-state index contributed by atoms with van der Waals surface area (Å²) in [6.07, 6.45) is 23.8. The highest BCUT2D eigenvalue weighted by atomic mass is 28.3. The Bertz CT molecular complexity index is 2080. The van der Waals surface area contributed by atoms with Gasteiger partial charge in [0, 0.05) is 11.8 Å². The van der Waals surface area contributed by atoms with Crippen molar-refractivity contribution in [1.29, 1.82) is 0 Å². The minimum Gasteiger partial charge on any atom is -0.497 e. The average molecular weight is 656 g/mol. The van der Waals surface area contributed by atoms with Crippen LogP contribution >= 0.6 is 0 Å². The fraction of sp³-hybridized carbons (Fsp3) is 0.217. The molecular weight excluding hydrogens is 613 g/mol. The molecule has 0 heterocycles. The van der Waals surface area contributed by atoms with E-state index in [2.05, 4.69) is 154 Å². The predicted octanol–water partition coefficient (Wildman–Crippen LogP) is 11.9. The third-order valence-electron chi connectivity index (χ3n) is 11.0. The first kappa shape index (κ1) is 31.4. The summed E-state index contributed by atoms with van der Waals surface area (Å²) in [4.78, 5) is 0. The minimum absolute atomic E-state index is 0.228. The van der Waals surface area contributed by atoms with Crippen LogP contribution < -0.4 is 9.47 Å². The highest BCUT2D eigenvalue weighted by molar-refractivity contribution is 6.65. The van der Waals surface area contributed by atoms with E-state index in [-0.39, 0.29) is 11.8 Å². The molecule has 0 saturated carbocycles. The number of hydrogen-bond donors (Lipinski definition) is 0. The quantitative estimate of drug-likeness (QED) is 0.185. The van der Waals surface area contributed by atoms with Gasteiger partial charge in [-0.25, -0.2) is 0 Å². The SMILES string of the molecule is CC[Si](C1C(C)=CC2=C1C=CC=CC2c1ccc2cc(OC)ccc2c1)C1C(C)=CC2=C1C=CC=CC2c1ccc2cc(OC)ccc2c1. The second-order valence-corrected chi connectivity index (χ2v) is 16.8. The van der Waals surface area contributed by atoms with E-state index >= 15 is 0 Å². The summed E-state index contributed by atoms with van der Waals surface area (Å²) < 4.78 is 11.0. The number of hydrogen-bond acceptors (Lipinski definition) is 2. The molecule has 4 aliphatic carbocycles. The lowest BCUT2D eigenvalue weighted by molar-refractivity contribution is 0.415. The number of benzene rings is 4. The summed E-state index contributed by atoms with van der Waals surface area (Å²) >= 11 is 0. The summed E-state index contributed by atoms with van der Waals surface area (Å²) in [6.45, 7) is 7.22. The number of allylic oxidation sites excluding steroid dienone is 16. The van der Waals surface area contributed by atoms with Gasteiger partial charge in [-0.05, 0) is 104 Å². The van der Waals surface area contributed by atoms with E-state index in [0.29, 0.717) is 11.1 Å². The number of methoxy groups -OCH3 is 2. The van der Waals surface area contributed by atoms with E-state index in [1.807, 2.05) is 0 Å². The lowest BCUT2D eigenvalue weighted by atomic mass is 9.88. The number of ether oxygens (including phenoxy) is 2. The maximum absolute atomic E-state index is 5.49. The molecule has 243 valence electrons. The van der Waals surface area contributed by atoms with Gasteiger partial charge in [0.25, 0.3) is 0 Å². The van der Waals surface area contributed by atoms with Crippen molar-refractivity contribution < 1.29 is 9.47 Å². The van der Waals surface area contributed by atoms with Gasteiger partial charge in [-0.15, -0.1) is 0 Å². The van der Waals surface area contributed by atoms with Crippen LogP contribution in [0.15, 0.2) is 167 Å². The van der Waals surface area contributed by atoms with Crippen molar-refractivity contribution >= 4 is 30.3 Å². The van der Waals surface area contributed by atoms with Crippen LogP contribution in [-0.2, 0) is 0 Å². The van der Waals surface area contributed by atoms with Gasteiger partial charge in [0.1, 0.15) is 11.5 Å². The second-order valence-electron chi connectivity index (χ2n) is 13.8. The molecule has 0 saturated heterocycles. The second kappa shape index (κ2) is 12.9. The van der Waals surface area contributed by atoms with Gasteiger partial charge >= 0.3 is 0 Å². The average Bonchev–Trinajstić information content (AvgIpc) is 3.42. The molecule has 0 N–H and O–H groups in total. The lowest BCUT2D eigenvalue weighted by Crippen LogP contribution is -2.28. The minimum atomic E-state index is -0.937. The molecule has 0 spiro atoms. The van der Waals surface area contributed by atoms with Crippen molar-refractivity contribution in [3.63, 3.8) is 0 Å². The molecule has 0 aromatic heterocycles. The van der Waals surface area contributed by atoms with Crippen LogP contribution in [0.5, 0.6) is 11.5 Å². The van der Waals surface area contributed by atoms with Gasteiger partial charge in [0.05, 0.1) is 23.0 Å². The Hall–Kier alpha value is -4.86. The highest BCUT2D eigenvalue weighted by Crippen LogP contribution is 2.54. The number of rotatable bonds is 7. The smallest absolute Gasteiger partial charge is 0.119 e. The molecule has 0 amide bonds. The maximum Gasteiger partial charge on any atom is 0.119 e. The van der Waals surface area contributed by atoms with Crippen LogP contribution in [0.25, 0.3) is 21.5 Å². The van der Waals surface area contributed by atoms with Crippen LogP contribution in [0.3, 0.4) is 0 Å². The van der Waals surface area contributed by atoms with Gasteiger partial charge in [-0.1, -0.05) is 133 Å². The molecule has 1 radical (unpaired) electrons. The van der Waals surface area contributed by atoms with E-state index in [1.54, 1.807) is 14.2 Å². The summed E-state index contributed by atoms with van der Waals surface area (Å²) in [6, 6.07) is 27.8. The molecule has 4 aliphatic rings. The molecule has 8 rings (SSSR count).